The molecule has 2 aliphatic heterocycles. The third-order valence-corrected chi connectivity index (χ3v) is 3.82. The van der Waals surface area contributed by atoms with Crippen LogP contribution >= 0.6 is 0 Å². The second kappa shape index (κ2) is 5.13. The highest BCUT2D eigenvalue weighted by Crippen LogP contribution is 2.20. The van der Waals surface area contributed by atoms with Crippen LogP contribution in [0.4, 0.5) is 0 Å². The van der Waals surface area contributed by atoms with Crippen molar-refractivity contribution in [2.45, 2.75) is 45.1 Å². The van der Waals surface area contributed by atoms with Gasteiger partial charge in [0.1, 0.15) is 0 Å². The van der Waals surface area contributed by atoms with Crippen molar-refractivity contribution in [1.29, 1.82) is 0 Å². The van der Waals surface area contributed by atoms with Gasteiger partial charge in [-0.25, -0.2) is 0 Å². The Kier molecular flexibility index (Phi) is 3.82. The van der Waals surface area contributed by atoms with Gasteiger partial charge in [-0.3, -0.25) is 0 Å². The van der Waals surface area contributed by atoms with Gasteiger partial charge in [-0.1, -0.05) is 13.3 Å². The summed E-state index contributed by atoms with van der Waals surface area (Å²) in [7, 11) is 0. The monoisotopic (exact) mass is 196 g/mol. The summed E-state index contributed by atoms with van der Waals surface area (Å²) in [5.41, 5.74) is 0. The molecule has 1 unspecified atom stereocenters. The zero-order valence-electron chi connectivity index (χ0n) is 9.47. The fourth-order valence-electron chi connectivity index (χ4n) is 2.87. The highest BCUT2D eigenvalue weighted by Gasteiger charge is 2.22. The highest BCUT2D eigenvalue weighted by molar-refractivity contribution is 4.80. The minimum Gasteiger partial charge on any atom is -0.313 e. The van der Waals surface area contributed by atoms with E-state index < -0.39 is 0 Å². The second-order valence-corrected chi connectivity index (χ2v) is 4.97. The second-order valence-electron chi connectivity index (χ2n) is 4.97. The standard InChI is InChI=1S/C12H24N2/c1-2-11-5-4-8-14(9-11)10-12-6-3-7-13-12/h11-13H,2-10H2,1H3/t11?,12-/m1/s1. The van der Waals surface area contributed by atoms with E-state index in [0.717, 1.165) is 12.0 Å². The molecule has 0 radical (unpaired) electrons. The Morgan fingerprint density at radius 2 is 2.21 bits per heavy atom. The van der Waals surface area contributed by atoms with Crippen LogP contribution in [0.5, 0.6) is 0 Å². The lowest BCUT2D eigenvalue weighted by molar-refractivity contribution is 0.160. The maximum Gasteiger partial charge on any atom is 0.0195 e. The molecule has 2 fully saturated rings. The first-order chi connectivity index (χ1) is 6.88. The molecule has 0 spiro atoms. The predicted octanol–water partition coefficient (Wildman–Crippen LogP) is 1.86. The third-order valence-electron chi connectivity index (χ3n) is 3.82. The number of hydrogen-bond donors (Lipinski definition) is 1. The summed E-state index contributed by atoms with van der Waals surface area (Å²) in [6.07, 6.45) is 7.04. The summed E-state index contributed by atoms with van der Waals surface area (Å²) in [4.78, 5) is 2.68. The van der Waals surface area contributed by atoms with Crippen LogP contribution < -0.4 is 5.32 Å². The van der Waals surface area contributed by atoms with Gasteiger partial charge in [-0.15, -0.1) is 0 Å². The predicted molar refractivity (Wildman–Crippen MR) is 60.5 cm³/mol. The maximum absolute atomic E-state index is 3.60. The molecular weight excluding hydrogens is 172 g/mol. The molecule has 0 aromatic carbocycles. The van der Waals surface area contributed by atoms with Crippen LogP contribution in [0.1, 0.15) is 39.0 Å². The molecule has 2 heteroatoms. The van der Waals surface area contributed by atoms with Crippen LogP contribution in [0, 0.1) is 5.92 Å². The SMILES string of the molecule is CCC1CCCN(C[C@H]2CCCN2)C1. The molecule has 2 heterocycles. The number of hydrogen-bond acceptors (Lipinski definition) is 2. The van der Waals surface area contributed by atoms with Gasteiger partial charge in [0.2, 0.25) is 0 Å². The Bertz CT molecular complexity index is 164. The molecule has 2 atom stereocenters. The number of piperidine rings is 1. The van der Waals surface area contributed by atoms with Crippen LogP contribution in [0.3, 0.4) is 0 Å². The summed E-state index contributed by atoms with van der Waals surface area (Å²) < 4.78 is 0. The topological polar surface area (TPSA) is 15.3 Å². The minimum atomic E-state index is 0.797. The smallest absolute Gasteiger partial charge is 0.0195 e. The van der Waals surface area contributed by atoms with Crippen LogP contribution in [0.2, 0.25) is 0 Å². The molecule has 1 N–H and O–H groups in total. The van der Waals surface area contributed by atoms with E-state index in [2.05, 4.69) is 17.1 Å². The van der Waals surface area contributed by atoms with Gasteiger partial charge in [0.15, 0.2) is 0 Å². The summed E-state index contributed by atoms with van der Waals surface area (Å²) in [6, 6.07) is 0.797. The Hall–Kier alpha value is -0.0800. The van der Waals surface area contributed by atoms with Crippen LogP contribution in [0.15, 0.2) is 0 Å². The zero-order chi connectivity index (χ0) is 9.80. The minimum absolute atomic E-state index is 0.797. The maximum atomic E-state index is 3.60. The number of likely N-dealkylation sites (tertiary alicyclic amines) is 1. The van der Waals surface area contributed by atoms with Crippen LogP contribution in [-0.4, -0.2) is 37.1 Å². The lowest BCUT2D eigenvalue weighted by atomic mass is 9.95. The van der Waals surface area contributed by atoms with Gasteiger partial charge in [-0.2, -0.15) is 0 Å². The molecule has 2 saturated heterocycles. The van der Waals surface area contributed by atoms with Crippen molar-refractivity contribution < 1.29 is 0 Å². The van der Waals surface area contributed by atoms with Crippen molar-refractivity contribution in [2.24, 2.45) is 5.92 Å². The van der Waals surface area contributed by atoms with E-state index in [1.165, 1.54) is 58.3 Å². The van der Waals surface area contributed by atoms with E-state index in [1.807, 2.05) is 0 Å². The first-order valence-electron chi connectivity index (χ1n) is 6.34. The molecule has 0 saturated carbocycles. The Morgan fingerprint density at radius 3 is 2.93 bits per heavy atom. The van der Waals surface area contributed by atoms with Crippen LogP contribution in [0.25, 0.3) is 0 Å². The van der Waals surface area contributed by atoms with E-state index in [1.54, 1.807) is 0 Å². The van der Waals surface area contributed by atoms with E-state index >= 15 is 0 Å². The summed E-state index contributed by atoms with van der Waals surface area (Å²) >= 11 is 0. The van der Waals surface area contributed by atoms with Gasteiger partial charge < -0.3 is 10.2 Å². The molecule has 0 bridgehead atoms. The molecule has 0 amide bonds. The molecule has 0 aromatic heterocycles. The normalized spacial score (nSPS) is 34.9. The zero-order valence-corrected chi connectivity index (χ0v) is 9.47. The average molecular weight is 196 g/mol. The van der Waals surface area contributed by atoms with Crippen molar-refractivity contribution in [2.75, 3.05) is 26.2 Å². The van der Waals surface area contributed by atoms with Gasteiger partial charge in [0, 0.05) is 19.1 Å². The molecule has 14 heavy (non-hydrogen) atoms. The third kappa shape index (κ3) is 2.71. The van der Waals surface area contributed by atoms with E-state index in [9.17, 15) is 0 Å². The molecule has 2 aliphatic rings. The van der Waals surface area contributed by atoms with E-state index in [-0.39, 0.29) is 0 Å². The van der Waals surface area contributed by atoms with Crippen molar-refractivity contribution in [3.8, 4) is 0 Å². The van der Waals surface area contributed by atoms with Crippen molar-refractivity contribution in [1.82, 2.24) is 10.2 Å². The molecule has 2 nitrogen and oxygen atoms in total. The molecule has 82 valence electrons. The number of rotatable bonds is 3. The number of nitrogens with one attached hydrogen (secondary N) is 1. The summed E-state index contributed by atoms with van der Waals surface area (Å²) in [5.74, 6) is 0.977. The average Bonchev–Trinajstić information content (AvgIpc) is 2.71. The Labute approximate surface area is 88.1 Å². The Morgan fingerprint density at radius 1 is 1.29 bits per heavy atom. The van der Waals surface area contributed by atoms with E-state index in [0.29, 0.717) is 0 Å². The van der Waals surface area contributed by atoms with Gasteiger partial charge in [0.05, 0.1) is 0 Å². The number of nitrogens with zero attached hydrogens (tertiary/aromatic N) is 1. The van der Waals surface area contributed by atoms with Gasteiger partial charge >= 0.3 is 0 Å². The molecular formula is C12H24N2. The first kappa shape index (κ1) is 10.4. The Balaban J connectivity index is 1.73. The molecule has 0 aliphatic carbocycles. The summed E-state index contributed by atoms with van der Waals surface area (Å²) in [6.45, 7) is 7.58. The van der Waals surface area contributed by atoms with Gasteiger partial charge in [0.25, 0.3) is 0 Å². The first-order valence-corrected chi connectivity index (χ1v) is 6.34. The fraction of sp³-hybridized carbons (Fsp3) is 1.00. The van der Waals surface area contributed by atoms with Gasteiger partial charge in [-0.05, 0) is 44.7 Å². The largest absolute Gasteiger partial charge is 0.313 e. The molecule has 2 rings (SSSR count). The quantitative estimate of drug-likeness (QED) is 0.741. The van der Waals surface area contributed by atoms with E-state index in [4.69, 9.17) is 0 Å². The van der Waals surface area contributed by atoms with Crippen molar-refractivity contribution >= 4 is 0 Å². The van der Waals surface area contributed by atoms with Crippen molar-refractivity contribution in [3.63, 3.8) is 0 Å². The van der Waals surface area contributed by atoms with Crippen molar-refractivity contribution in [3.05, 3.63) is 0 Å². The lowest BCUT2D eigenvalue weighted by Gasteiger charge is -2.33. The molecule has 0 aromatic rings. The summed E-state index contributed by atoms with van der Waals surface area (Å²) in [5, 5.41) is 3.60. The fourth-order valence-corrected chi connectivity index (χ4v) is 2.87. The highest BCUT2D eigenvalue weighted by atomic mass is 15.2. The van der Waals surface area contributed by atoms with Crippen LogP contribution in [-0.2, 0) is 0 Å². The lowest BCUT2D eigenvalue weighted by Crippen LogP contribution is -2.42.